The Bertz CT molecular complexity index is 1200. The van der Waals surface area contributed by atoms with E-state index in [4.69, 9.17) is 10.5 Å². The van der Waals surface area contributed by atoms with Crippen molar-refractivity contribution in [2.75, 3.05) is 12.3 Å². The normalized spacial score (nSPS) is 11.7. The fourth-order valence-corrected chi connectivity index (χ4v) is 3.28. The van der Waals surface area contributed by atoms with Gasteiger partial charge in [0.15, 0.2) is 0 Å². The highest BCUT2D eigenvalue weighted by Crippen LogP contribution is 2.31. The summed E-state index contributed by atoms with van der Waals surface area (Å²) in [5.74, 6) is 0.849. The summed E-state index contributed by atoms with van der Waals surface area (Å²) in [6.07, 6.45) is 3.64. The number of nitrogens with zero attached hydrogens (tertiary/aromatic N) is 5. The van der Waals surface area contributed by atoms with E-state index in [2.05, 4.69) is 20.1 Å². The molecule has 8 nitrogen and oxygen atoms in total. The fourth-order valence-electron chi connectivity index (χ4n) is 3.28. The van der Waals surface area contributed by atoms with Crippen molar-refractivity contribution < 1.29 is 9.84 Å². The van der Waals surface area contributed by atoms with Crippen molar-refractivity contribution in [1.82, 2.24) is 24.7 Å². The van der Waals surface area contributed by atoms with Gasteiger partial charge in [0.25, 0.3) is 0 Å². The summed E-state index contributed by atoms with van der Waals surface area (Å²) in [5.41, 5.74) is 8.59. The maximum absolute atomic E-state index is 10.2. The number of aliphatic hydroxyl groups is 1. The van der Waals surface area contributed by atoms with Crippen molar-refractivity contribution in [2.45, 2.75) is 32.9 Å². The summed E-state index contributed by atoms with van der Waals surface area (Å²) in [4.78, 5) is 13.4. The summed E-state index contributed by atoms with van der Waals surface area (Å²) >= 11 is 0. The van der Waals surface area contributed by atoms with Crippen molar-refractivity contribution in [1.29, 1.82) is 0 Å². The Hall–Kier alpha value is -3.52. The van der Waals surface area contributed by atoms with E-state index < -0.39 is 5.60 Å². The molecule has 0 saturated carbocycles. The molecule has 30 heavy (non-hydrogen) atoms. The van der Waals surface area contributed by atoms with Crippen molar-refractivity contribution >= 4 is 16.9 Å². The highest BCUT2D eigenvalue weighted by molar-refractivity contribution is 5.96. The number of pyridine rings is 1. The number of hydrogen-bond donors (Lipinski definition) is 2. The number of fused-ring (bicyclic) bond motifs is 1. The van der Waals surface area contributed by atoms with Crippen LogP contribution in [0.2, 0.25) is 0 Å². The van der Waals surface area contributed by atoms with Gasteiger partial charge in [-0.3, -0.25) is 9.67 Å². The lowest BCUT2D eigenvalue weighted by molar-refractivity contribution is 0.0736. The standard InChI is InChI=1S/C22H24N6O2/c1-4-30-17-9-6-8-16-19(26-21(23)27-20(16)17)14-11-24-28(12-14)13-15-7-5-10-18(25-15)22(2,3)29/h5-12,29H,4,13H2,1-3H3,(H2,23,26,27). The molecule has 0 saturated heterocycles. The Labute approximate surface area is 174 Å². The first-order valence-electron chi connectivity index (χ1n) is 9.76. The van der Waals surface area contributed by atoms with Gasteiger partial charge in [-0.25, -0.2) is 9.97 Å². The summed E-state index contributed by atoms with van der Waals surface area (Å²) in [6.45, 7) is 6.35. The maximum Gasteiger partial charge on any atom is 0.221 e. The first-order valence-corrected chi connectivity index (χ1v) is 9.76. The molecule has 0 spiro atoms. The Morgan fingerprint density at radius 1 is 1.10 bits per heavy atom. The summed E-state index contributed by atoms with van der Waals surface area (Å²) in [6, 6.07) is 11.3. The van der Waals surface area contributed by atoms with Gasteiger partial charge in [0.05, 0.1) is 36.4 Å². The zero-order chi connectivity index (χ0) is 21.3. The molecule has 154 valence electrons. The predicted octanol–water partition coefficient (Wildman–Crippen LogP) is 3.14. The molecule has 3 heterocycles. The third-order valence-electron chi connectivity index (χ3n) is 4.67. The van der Waals surface area contributed by atoms with E-state index in [0.29, 0.717) is 35.8 Å². The summed E-state index contributed by atoms with van der Waals surface area (Å²) in [7, 11) is 0. The van der Waals surface area contributed by atoms with Crippen LogP contribution in [-0.2, 0) is 12.1 Å². The van der Waals surface area contributed by atoms with E-state index in [-0.39, 0.29) is 5.95 Å². The van der Waals surface area contributed by atoms with Crippen LogP contribution in [0.4, 0.5) is 5.95 Å². The topological polar surface area (TPSA) is 112 Å². The minimum Gasteiger partial charge on any atom is -0.492 e. The first kappa shape index (κ1) is 19.8. The van der Waals surface area contributed by atoms with E-state index >= 15 is 0 Å². The molecule has 3 aromatic heterocycles. The molecule has 0 fully saturated rings. The molecule has 0 aliphatic rings. The Balaban J connectivity index is 1.70. The average molecular weight is 404 g/mol. The molecule has 4 aromatic rings. The fraction of sp³-hybridized carbons (Fsp3) is 0.273. The summed E-state index contributed by atoms with van der Waals surface area (Å²) < 4.78 is 7.47. The largest absolute Gasteiger partial charge is 0.492 e. The van der Waals surface area contributed by atoms with E-state index in [1.54, 1.807) is 24.7 Å². The quantitative estimate of drug-likeness (QED) is 0.508. The number of anilines is 1. The zero-order valence-corrected chi connectivity index (χ0v) is 17.2. The molecule has 0 aliphatic carbocycles. The van der Waals surface area contributed by atoms with Gasteiger partial charge < -0.3 is 15.6 Å². The van der Waals surface area contributed by atoms with Gasteiger partial charge in [0.2, 0.25) is 5.95 Å². The third kappa shape index (κ3) is 3.95. The second-order valence-electron chi connectivity index (χ2n) is 7.52. The summed E-state index contributed by atoms with van der Waals surface area (Å²) in [5, 5.41) is 15.5. The molecule has 0 radical (unpaired) electrons. The third-order valence-corrected chi connectivity index (χ3v) is 4.67. The molecule has 4 rings (SSSR count). The number of rotatable bonds is 6. The first-order chi connectivity index (χ1) is 14.3. The highest BCUT2D eigenvalue weighted by Gasteiger charge is 2.18. The molecule has 1 aromatic carbocycles. The maximum atomic E-state index is 10.2. The van der Waals surface area contributed by atoms with Crippen LogP contribution >= 0.6 is 0 Å². The van der Waals surface area contributed by atoms with Gasteiger partial charge in [-0.05, 0) is 39.0 Å². The molecule has 3 N–H and O–H groups in total. The van der Waals surface area contributed by atoms with Crippen molar-refractivity contribution in [3.05, 3.63) is 60.2 Å². The van der Waals surface area contributed by atoms with Crippen LogP contribution in [0, 0.1) is 0 Å². The van der Waals surface area contributed by atoms with Crippen LogP contribution in [0.3, 0.4) is 0 Å². The van der Waals surface area contributed by atoms with Crippen LogP contribution in [0.25, 0.3) is 22.2 Å². The van der Waals surface area contributed by atoms with Gasteiger partial charge in [-0.15, -0.1) is 0 Å². The predicted molar refractivity (Wildman–Crippen MR) is 115 cm³/mol. The van der Waals surface area contributed by atoms with Crippen LogP contribution in [-0.4, -0.2) is 36.4 Å². The molecular weight excluding hydrogens is 380 g/mol. The van der Waals surface area contributed by atoms with Gasteiger partial charge in [0.1, 0.15) is 16.9 Å². The smallest absolute Gasteiger partial charge is 0.221 e. The van der Waals surface area contributed by atoms with Crippen LogP contribution in [0.5, 0.6) is 5.75 Å². The SMILES string of the molecule is CCOc1cccc2c(-c3cnn(Cc4cccc(C(C)(C)O)n4)c3)nc(N)nc12. The van der Waals surface area contributed by atoms with Gasteiger partial charge in [0, 0.05) is 17.1 Å². The van der Waals surface area contributed by atoms with E-state index in [0.717, 1.165) is 16.6 Å². The monoisotopic (exact) mass is 404 g/mol. The van der Waals surface area contributed by atoms with Crippen molar-refractivity contribution in [3.63, 3.8) is 0 Å². The van der Waals surface area contributed by atoms with Gasteiger partial charge in [-0.1, -0.05) is 18.2 Å². The van der Waals surface area contributed by atoms with E-state index in [1.165, 1.54) is 0 Å². The molecule has 0 aliphatic heterocycles. The second kappa shape index (κ2) is 7.72. The lowest BCUT2D eigenvalue weighted by Crippen LogP contribution is -2.18. The Kier molecular flexibility index (Phi) is 5.09. The average Bonchev–Trinajstić information content (AvgIpc) is 3.16. The number of aromatic nitrogens is 5. The van der Waals surface area contributed by atoms with E-state index in [1.807, 2.05) is 49.5 Å². The minimum atomic E-state index is -0.999. The molecule has 0 amide bonds. The van der Waals surface area contributed by atoms with Crippen molar-refractivity contribution in [3.8, 4) is 17.0 Å². The van der Waals surface area contributed by atoms with Gasteiger partial charge in [-0.2, -0.15) is 5.10 Å². The number of para-hydroxylation sites is 1. The zero-order valence-electron chi connectivity index (χ0n) is 17.2. The molecule has 0 bridgehead atoms. The molecule has 8 heteroatoms. The number of nitrogen functional groups attached to an aromatic ring is 1. The van der Waals surface area contributed by atoms with Crippen LogP contribution in [0.1, 0.15) is 32.2 Å². The highest BCUT2D eigenvalue weighted by atomic mass is 16.5. The minimum absolute atomic E-state index is 0.178. The lowest BCUT2D eigenvalue weighted by Gasteiger charge is -2.17. The Morgan fingerprint density at radius 3 is 2.67 bits per heavy atom. The molecular formula is C22H24N6O2. The second-order valence-corrected chi connectivity index (χ2v) is 7.52. The lowest BCUT2D eigenvalue weighted by atomic mass is 10.0. The number of ether oxygens (including phenoxy) is 1. The number of hydrogen-bond acceptors (Lipinski definition) is 7. The number of benzene rings is 1. The Morgan fingerprint density at radius 2 is 1.90 bits per heavy atom. The van der Waals surface area contributed by atoms with E-state index in [9.17, 15) is 5.11 Å². The van der Waals surface area contributed by atoms with Crippen LogP contribution < -0.4 is 10.5 Å². The number of nitrogens with two attached hydrogens (primary N) is 1. The van der Waals surface area contributed by atoms with Gasteiger partial charge >= 0.3 is 0 Å². The van der Waals surface area contributed by atoms with Crippen molar-refractivity contribution in [2.24, 2.45) is 0 Å². The molecule has 0 unspecified atom stereocenters. The van der Waals surface area contributed by atoms with Crippen LogP contribution in [0.15, 0.2) is 48.8 Å². The molecule has 0 atom stereocenters.